The van der Waals surface area contributed by atoms with Crippen LogP contribution in [-0.4, -0.2) is 23.2 Å². The smallest absolute Gasteiger partial charge is 0.134 e. The third-order valence-corrected chi connectivity index (χ3v) is 5.64. The number of fused-ring (bicyclic) bond motifs is 3. The molecule has 2 aliphatic heterocycles. The number of benzene rings is 1. The van der Waals surface area contributed by atoms with Crippen LogP contribution in [0.4, 0.5) is 10.1 Å². The Morgan fingerprint density at radius 3 is 2.88 bits per heavy atom. The van der Waals surface area contributed by atoms with Gasteiger partial charge >= 0.3 is 0 Å². The van der Waals surface area contributed by atoms with Crippen molar-refractivity contribution in [3.63, 3.8) is 0 Å². The maximum Gasteiger partial charge on any atom is 0.134 e. The van der Waals surface area contributed by atoms with Gasteiger partial charge in [-0.3, -0.25) is 4.98 Å². The van der Waals surface area contributed by atoms with Gasteiger partial charge in [-0.1, -0.05) is 18.5 Å². The molecule has 1 fully saturated rings. The van der Waals surface area contributed by atoms with E-state index in [9.17, 15) is 4.39 Å². The number of anilines is 1. The molecule has 2 atom stereocenters. The van der Waals surface area contributed by atoms with E-state index < -0.39 is 0 Å². The van der Waals surface area contributed by atoms with Gasteiger partial charge in [0.1, 0.15) is 5.82 Å². The SMILES string of the molecule is CC1(C)Nc2cc(F)c(-c3ncccc3Cl)cc2C2(C)CCOC12. The molecule has 0 radical (unpaired) electrons. The first-order valence-electron chi connectivity index (χ1n) is 8.18. The van der Waals surface area contributed by atoms with Gasteiger partial charge in [0.25, 0.3) is 0 Å². The van der Waals surface area contributed by atoms with E-state index in [2.05, 4.69) is 31.1 Å². The van der Waals surface area contributed by atoms with E-state index in [0.29, 0.717) is 22.9 Å². The lowest BCUT2D eigenvalue weighted by molar-refractivity contribution is 0.0352. The van der Waals surface area contributed by atoms with Gasteiger partial charge < -0.3 is 10.1 Å². The number of ether oxygens (including phenoxy) is 1. The molecule has 0 aliphatic carbocycles. The summed E-state index contributed by atoms with van der Waals surface area (Å²) in [5, 5.41) is 3.90. The highest BCUT2D eigenvalue weighted by atomic mass is 35.5. The Kier molecular flexibility index (Phi) is 3.42. The average Bonchev–Trinajstić information content (AvgIpc) is 2.92. The summed E-state index contributed by atoms with van der Waals surface area (Å²) >= 11 is 6.24. The van der Waals surface area contributed by atoms with Gasteiger partial charge in [-0.2, -0.15) is 0 Å². The minimum atomic E-state index is -0.321. The van der Waals surface area contributed by atoms with Crippen LogP contribution in [0.15, 0.2) is 30.5 Å². The van der Waals surface area contributed by atoms with Crippen LogP contribution in [0.5, 0.6) is 0 Å². The Morgan fingerprint density at radius 1 is 1.33 bits per heavy atom. The highest BCUT2D eigenvalue weighted by molar-refractivity contribution is 6.33. The average molecular weight is 347 g/mol. The van der Waals surface area contributed by atoms with Crippen molar-refractivity contribution in [1.29, 1.82) is 0 Å². The molecule has 0 amide bonds. The monoisotopic (exact) mass is 346 g/mol. The Morgan fingerprint density at radius 2 is 2.12 bits per heavy atom. The predicted octanol–water partition coefficient (Wildman–Crippen LogP) is 4.79. The molecule has 3 heterocycles. The van der Waals surface area contributed by atoms with Crippen LogP contribution in [0.3, 0.4) is 0 Å². The number of nitrogens with zero attached hydrogens (tertiary/aromatic N) is 1. The van der Waals surface area contributed by atoms with Crippen LogP contribution in [0.25, 0.3) is 11.3 Å². The van der Waals surface area contributed by atoms with E-state index >= 15 is 0 Å². The van der Waals surface area contributed by atoms with Crippen LogP contribution in [0.2, 0.25) is 5.02 Å². The van der Waals surface area contributed by atoms with Crippen molar-refractivity contribution >= 4 is 17.3 Å². The zero-order valence-electron chi connectivity index (χ0n) is 14.0. The van der Waals surface area contributed by atoms with Crippen molar-refractivity contribution in [3.8, 4) is 11.3 Å². The molecule has 24 heavy (non-hydrogen) atoms. The first-order valence-corrected chi connectivity index (χ1v) is 8.55. The summed E-state index contributed by atoms with van der Waals surface area (Å²) in [5.74, 6) is -0.321. The molecule has 0 bridgehead atoms. The molecular weight excluding hydrogens is 327 g/mol. The molecule has 5 heteroatoms. The summed E-state index contributed by atoms with van der Waals surface area (Å²) in [6.45, 7) is 7.12. The third kappa shape index (κ3) is 2.16. The Bertz CT molecular complexity index is 823. The molecule has 0 spiro atoms. The van der Waals surface area contributed by atoms with E-state index in [4.69, 9.17) is 16.3 Å². The minimum Gasteiger partial charge on any atom is -0.377 e. The van der Waals surface area contributed by atoms with Crippen molar-refractivity contribution in [1.82, 2.24) is 4.98 Å². The fourth-order valence-corrected chi connectivity index (χ4v) is 4.53. The predicted molar refractivity (Wildman–Crippen MR) is 94.1 cm³/mol. The van der Waals surface area contributed by atoms with Crippen LogP contribution in [-0.2, 0) is 10.2 Å². The Hall–Kier alpha value is -1.65. The van der Waals surface area contributed by atoms with Crippen LogP contribution >= 0.6 is 11.6 Å². The van der Waals surface area contributed by atoms with Crippen molar-refractivity contribution in [3.05, 3.63) is 46.9 Å². The first-order chi connectivity index (χ1) is 11.3. The number of rotatable bonds is 1. The lowest BCUT2D eigenvalue weighted by Crippen LogP contribution is -2.56. The highest BCUT2D eigenvalue weighted by Crippen LogP contribution is 2.51. The quantitative estimate of drug-likeness (QED) is 0.806. The molecule has 1 saturated heterocycles. The summed E-state index contributed by atoms with van der Waals surface area (Å²) in [6, 6.07) is 6.93. The molecule has 0 saturated carbocycles. The minimum absolute atomic E-state index is 0.0371. The maximum absolute atomic E-state index is 14.8. The second kappa shape index (κ2) is 5.17. The van der Waals surface area contributed by atoms with Crippen LogP contribution in [0.1, 0.15) is 32.8 Å². The number of hydrogen-bond donors (Lipinski definition) is 1. The van der Waals surface area contributed by atoms with Crippen molar-refractivity contribution < 1.29 is 9.13 Å². The van der Waals surface area contributed by atoms with E-state index in [1.165, 1.54) is 0 Å². The van der Waals surface area contributed by atoms with Crippen molar-refractivity contribution in [2.24, 2.45) is 0 Å². The van der Waals surface area contributed by atoms with E-state index in [1.807, 2.05) is 6.07 Å². The summed E-state index contributed by atoms with van der Waals surface area (Å²) in [4.78, 5) is 4.27. The molecule has 2 aromatic rings. The van der Waals surface area contributed by atoms with Crippen LogP contribution in [0, 0.1) is 5.82 Å². The first kappa shape index (κ1) is 15.9. The lowest BCUT2D eigenvalue weighted by atomic mass is 9.67. The maximum atomic E-state index is 14.8. The normalized spacial score (nSPS) is 27.3. The van der Waals surface area contributed by atoms with Crippen LogP contribution < -0.4 is 5.32 Å². The third-order valence-electron chi connectivity index (χ3n) is 5.33. The molecule has 1 aromatic heterocycles. The van der Waals surface area contributed by atoms with E-state index in [1.54, 1.807) is 24.4 Å². The van der Waals surface area contributed by atoms with Gasteiger partial charge in [-0.25, -0.2) is 4.39 Å². The topological polar surface area (TPSA) is 34.2 Å². The second-order valence-electron chi connectivity index (χ2n) is 7.48. The molecule has 1 N–H and O–H groups in total. The number of nitrogens with one attached hydrogen (secondary N) is 1. The number of hydrogen-bond acceptors (Lipinski definition) is 3. The molecule has 126 valence electrons. The van der Waals surface area contributed by atoms with Gasteiger partial charge in [0, 0.05) is 29.5 Å². The van der Waals surface area contributed by atoms with Crippen molar-refractivity contribution in [2.45, 2.75) is 44.2 Å². The van der Waals surface area contributed by atoms with E-state index in [0.717, 1.165) is 17.7 Å². The van der Waals surface area contributed by atoms with Gasteiger partial charge in [-0.05, 0) is 50.1 Å². The summed E-state index contributed by atoms with van der Waals surface area (Å²) < 4.78 is 20.8. The fourth-order valence-electron chi connectivity index (χ4n) is 4.31. The summed E-state index contributed by atoms with van der Waals surface area (Å²) in [6.07, 6.45) is 2.58. The molecule has 4 rings (SSSR count). The van der Waals surface area contributed by atoms with Gasteiger partial charge in [0.15, 0.2) is 0 Å². The fraction of sp³-hybridized carbons (Fsp3) is 0.421. The number of halogens is 2. The zero-order chi connectivity index (χ0) is 17.1. The molecule has 1 aromatic carbocycles. The highest BCUT2D eigenvalue weighted by Gasteiger charge is 2.53. The number of aromatic nitrogens is 1. The van der Waals surface area contributed by atoms with Crippen molar-refractivity contribution in [2.75, 3.05) is 11.9 Å². The van der Waals surface area contributed by atoms with Gasteiger partial charge in [0.05, 0.1) is 22.4 Å². The lowest BCUT2D eigenvalue weighted by Gasteiger charge is -2.48. The molecular formula is C19H20ClFN2O. The summed E-state index contributed by atoms with van der Waals surface area (Å²) in [5.41, 5.74) is 2.40. The van der Waals surface area contributed by atoms with E-state index in [-0.39, 0.29) is 22.9 Å². The molecule has 2 unspecified atom stereocenters. The summed E-state index contributed by atoms with van der Waals surface area (Å²) in [7, 11) is 0. The van der Waals surface area contributed by atoms with Gasteiger partial charge in [-0.15, -0.1) is 0 Å². The Labute approximate surface area is 146 Å². The molecule has 2 aliphatic rings. The second-order valence-corrected chi connectivity index (χ2v) is 7.88. The zero-order valence-corrected chi connectivity index (χ0v) is 14.7. The number of pyridine rings is 1. The molecule has 3 nitrogen and oxygen atoms in total. The standard InChI is InChI=1S/C19H20ClFN2O/c1-18(2)17-19(3,6-8-24-17)12-9-11(14(21)10-15(12)23-18)16-13(20)5-4-7-22-16/h4-5,7,9-10,17,23H,6,8H2,1-3H3. The van der Waals surface area contributed by atoms with Gasteiger partial charge in [0.2, 0.25) is 0 Å². The Balaban J connectivity index is 1.94. The largest absolute Gasteiger partial charge is 0.377 e.